The topological polar surface area (TPSA) is 0 Å². The zero-order valence-electron chi connectivity index (χ0n) is 7.74. The van der Waals surface area contributed by atoms with Crippen molar-refractivity contribution in [2.45, 2.75) is 45.4 Å². The summed E-state index contributed by atoms with van der Waals surface area (Å²) in [6.45, 7) is 9.58. The van der Waals surface area contributed by atoms with Gasteiger partial charge in [0, 0.05) is 0 Å². The summed E-state index contributed by atoms with van der Waals surface area (Å²) in [4.78, 5) is 0. The number of halogens is 1. The van der Waals surface area contributed by atoms with Gasteiger partial charge in [0.15, 0.2) is 0 Å². The molecular formula is C8H21ClSn. The van der Waals surface area contributed by atoms with Crippen LogP contribution in [0.2, 0.25) is 17.7 Å². The summed E-state index contributed by atoms with van der Waals surface area (Å²) in [6.07, 6.45) is 0. The molecule has 0 saturated carbocycles. The Bertz CT molecular complexity index is 52.1. The van der Waals surface area contributed by atoms with E-state index in [0.29, 0.717) is 0 Å². The maximum Gasteiger partial charge on any atom is -0.147 e. The Morgan fingerprint density at radius 2 is 0.900 bits per heavy atom. The van der Waals surface area contributed by atoms with Gasteiger partial charge in [-0.15, -0.1) is 12.4 Å². The Morgan fingerprint density at radius 3 is 0.900 bits per heavy atom. The summed E-state index contributed by atoms with van der Waals surface area (Å²) in [5.74, 6) is 0. The predicted molar refractivity (Wildman–Crippen MR) is 54.9 cm³/mol. The van der Waals surface area contributed by atoms with Gasteiger partial charge in [0.2, 0.25) is 0 Å². The second-order valence-corrected chi connectivity index (χ2v) is 19.5. The van der Waals surface area contributed by atoms with Gasteiger partial charge >= 0.3 is 63.8 Å². The van der Waals surface area contributed by atoms with Gasteiger partial charge < -0.3 is 0 Å². The van der Waals surface area contributed by atoms with Gasteiger partial charge in [-0.25, -0.2) is 0 Å². The van der Waals surface area contributed by atoms with E-state index in [2.05, 4.69) is 27.7 Å². The molecule has 0 aromatic rings. The average Bonchev–Trinajstić information content (AvgIpc) is 1.95. The van der Waals surface area contributed by atoms with Crippen molar-refractivity contribution < 1.29 is 0 Å². The molecule has 0 radical (unpaired) electrons. The maximum atomic E-state index is 2.40. The molecule has 0 spiro atoms. The Hall–Kier alpha value is 1.09. The number of rotatable bonds is 4. The molecular weight excluding hydrogens is 250 g/mol. The summed E-state index contributed by atoms with van der Waals surface area (Å²) in [5, 5.41) is 0. The van der Waals surface area contributed by atoms with E-state index < -0.39 is 18.4 Å². The van der Waals surface area contributed by atoms with E-state index in [1.165, 1.54) is 0 Å². The SMILES string of the molecule is C[CH2][Sn]([CH2]C)([CH2]C)[CH2]C.Cl. The molecule has 0 atom stereocenters. The Labute approximate surface area is 76.1 Å². The van der Waals surface area contributed by atoms with E-state index >= 15 is 0 Å². The van der Waals surface area contributed by atoms with Gasteiger partial charge in [-0.3, -0.25) is 0 Å². The van der Waals surface area contributed by atoms with Crippen LogP contribution in [0.3, 0.4) is 0 Å². The van der Waals surface area contributed by atoms with Crippen LogP contribution in [0.1, 0.15) is 27.7 Å². The number of hydrogen-bond acceptors (Lipinski definition) is 0. The van der Waals surface area contributed by atoms with Gasteiger partial charge in [0.05, 0.1) is 0 Å². The van der Waals surface area contributed by atoms with E-state index in [0.717, 1.165) is 0 Å². The average molecular weight is 271 g/mol. The molecule has 0 aliphatic heterocycles. The molecule has 0 saturated heterocycles. The van der Waals surface area contributed by atoms with Gasteiger partial charge in [0.25, 0.3) is 0 Å². The minimum absolute atomic E-state index is 0. The smallest absolute Gasteiger partial charge is 0.147 e. The van der Waals surface area contributed by atoms with Crippen molar-refractivity contribution in [1.29, 1.82) is 0 Å². The summed E-state index contributed by atoms with van der Waals surface area (Å²) in [7, 11) is 0. The van der Waals surface area contributed by atoms with Crippen LogP contribution in [-0.2, 0) is 0 Å². The standard InChI is InChI=1S/4C2H5.ClH.Sn/c4*1-2;;/h4*1H2,2H3;1H;. The molecule has 0 N–H and O–H groups in total. The summed E-state index contributed by atoms with van der Waals surface area (Å²) in [6, 6.07) is 0. The summed E-state index contributed by atoms with van der Waals surface area (Å²) in [5.41, 5.74) is 0. The molecule has 0 fully saturated rings. The minimum atomic E-state index is -1.39. The molecule has 64 valence electrons. The summed E-state index contributed by atoms with van der Waals surface area (Å²) >= 11 is -1.39. The fourth-order valence-corrected chi connectivity index (χ4v) is 10.1. The second-order valence-electron chi connectivity index (χ2n) is 2.91. The van der Waals surface area contributed by atoms with Crippen molar-refractivity contribution in [3.8, 4) is 0 Å². The van der Waals surface area contributed by atoms with Crippen LogP contribution in [0.25, 0.3) is 0 Å². The third-order valence-electron chi connectivity index (χ3n) is 3.00. The van der Waals surface area contributed by atoms with Crippen LogP contribution in [-0.4, -0.2) is 18.4 Å². The molecule has 0 rings (SSSR count). The van der Waals surface area contributed by atoms with Crippen LogP contribution >= 0.6 is 12.4 Å². The monoisotopic (exact) mass is 272 g/mol. The van der Waals surface area contributed by atoms with E-state index in [4.69, 9.17) is 0 Å². The molecule has 10 heavy (non-hydrogen) atoms. The minimum Gasteiger partial charge on any atom is -0.147 e. The first-order chi connectivity index (χ1) is 4.24. The molecule has 0 aromatic carbocycles. The van der Waals surface area contributed by atoms with Crippen LogP contribution in [0.15, 0.2) is 0 Å². The van der Waals surface area contributed by atoms with Gasteiger partial charge in [-0.2, -0.15) is 0 Å². The van der Waals surface area contributed by atoms with Crippen molar-refractivity contribution >= 4 is 30.8 Å². The Morgan fingerprint density at radius 1 is 0.700 bits per heavy atom. The van der Waals surface area contributed by atoms with Crippen LogP contribution < -0.4 is 0 Å². The van der Waals surface area contributed by atoms with E-state index in [9.17, 15) is 0 Å². The molecule has 0 aliphatic carbocycles. The molecule has 0 amide bonds. The van der Waals surface area contributed by atoms with E-state index in [-0.39, 0.29) is 12.4 Å². The van der Waals surface area contributed by atoms with Crippen molar-refractivity contribution in [1.82, 2.24) is 0 Å². The molecule has 0 heterocycles. The third-order valence-corrected chi connectivity index (χ3v) is 20.1. The molecule has 0 aromatic heterocycles. The third kappa shape index (κ3) is 3.47. The van der Waals surface area contributed by atoms with Crippen molar-refractivity contribution in [2.75, 3.05) is 0 Å². The summed E-state index contributed by atoms with van der Waals surface area (Å²) < 4.78 is 6.22. The predicted octanol–water partition coefficient (Wildman–Crippen LogP) is 3.94. The molecule has 0 unspecified atom stereocenters. The molecule has 2 heteroatoms. The van der Waals surface area contributed by atoms with Crippen LogP contribution in [0.4, 0.5) is 0 Å². The van der Waals surface area contributed by atoms with Crippen molar-refractivity contribution in [2.24, 2.45) is 0 Å². The van der Waals surface area contributed by atoms with Gasteiger partial charge in [-0.1, -0.05) is 0 Å². The van der Waals surface area contributed by atoms with Crippen LogP contribution in [0.5, 0.6) is 0 Å². The zero-order valence-corrected chi connectivity index (χ0v) is 11.4. The first kappa shape index (κ1) is 13.7. The second kappa shape index (κ2) is 6.78. The largest absolute Gasteiger partial charge is 0.147 e. The van der Waals surface area contributed by atoms with Gasteiger partial charge in [-0.05, 0) is 0 Å². The fraction of sp³-hybridized carbons (Fsp3) is 1.00. The molecule has 0 nitrogen and oxygen atoms in total. The Kier molecular flexibility index (Phi) is 9.26. The number of hydrogen-bond donors (Lipinski definition) is 0. The van der Waals surface area contributed by atoms with Crippen molar-refractivity contribution in [3.63, 3.8) is 0 Å². The maximum absolute atomic E-state index is 2.40. The first-order valence-electron chi connectivity index (χ1n) is 4.24. The first-order valence-corrected chi connectivity index (χ1v) is 12.3. The van der Waals surface area contributed by atoms with Crippen LogP contribution in [0, 0.1) is 0 Å². The zero-order chi connectivity index (χ0) is 7.33. The molecule has 0 bridgehead atoms. The van der Waals surface area contributed by atoms with Crippen molar-refractivity contribution in [3.05, 3.63) is 0 Å². The normalized spacial score (nSPS) is 10.8. The molecule has 0 aliphatic rings. The van der Waals surface area contributed by atoms with E-state index in [1.807, 2.05) is 0 Å². The Balaban J connectivity index is 0. The fourth-order valence-electron chi connectivity index (χ4n) is 1.50. The quantitative estimate of drug-likeness (QED) is 0.680. The van der Waals surface area contributed by atoms with Gasteiger partial charge in [0.1, 0.15) is 0 Å². The van der Waals surface area contributed by atoms with E-state index in [1.54, 1.807) is 17.7 Å².